The van der Waals surface area contributed by atoms with E-state index in [0.29, 0.717) is 34.3 Å². The van der Waals surface area contributed by atoms with Gasteiger partial charge in [-0.2, -0.15) is 0 Å². The summed E-state index contributed by atoms with van der Waals surface area (Å²) in [7, 11) is 1.49. The van der Waals surface area contributed by atoms with Crippen molar-refractivity contribution >= 4 is 17.4 Å². The Morgan fingerprint density at radius 3 is 2.69 bits per heavy atom. The number of esters is 1. The van der Waals surface area contributed by atoms with Crippen LogP contribution < -0.4 is 10.1 Å². The molecule has 35 heavy (non-hydrogen) atoms. The van der Waals surface area contributed by atoms with E-state index in [9.17, 15) is 9.18 Å². The molecule has 1 atom stereocenters. The van der Waals surface area contributed by atoms with Crippen molar-refractivity contribution in [3.05, 3.63) is 65.9 Å². The molecule has 4 aromatic rings. The van der Waals surface area contributed by atoms with Gasteiger partial charge in [-0.15, -0.1) is 5.10 Å². The van der Waals surface area contributed by atoms with Crippen LogP contribution in [0, 0.1) is 5.82 Å². The standard InChI is InChI=1S/C25H27FN6O3/c1-15(18-12-17(26)13-29-24(18)34-5)30-21-6-7-22-28-14-20(32(22)31-21)19-10-16(8-9-27-19)11-23(33)35-25(2,3)4/h6-10,12-15H,11H2,1-5H3,(H,30,31)/t15-/m1/s1. The van der Waals surface area contributed by atoms with E-state index in [-0.39, 0.29) is 18.4 Å². The van der Waals surface area contributed by atoms with Crippen LogP contribution in [0.25, 0.3) is 17.0 Å². The fourth-order valence-corrected chi connectivity index (χ4v) is 3.62. The summed E-state index contributed by atoms with van der Waals surface area (Å²) >= 11 is 0. The summed E-state index contributed by atoms with van der Waals surface area (Å²) in [5.41, 5.74) is 2.69. The van der Waals surface area contributed by atoms with E-state index in [1.807, 2.05) is 39.8 Å². The number of carbonyl (C=O) groups excluding carboxylic acids is 1. The Bertz CT molecular complexity index is 1370. The molecular formula is C25H27FN6O3. The zero-order valence-electron chi connectivity index (χ0n) is 20.2. The Balaban J connectivity index is 1.60. The number of imidazole rings is 1. The summed E-state index contributed by atoms with van der Waals surface area (Å²) in [5, 5.41) is 7.90. The molecule has 0 unspecified atom stereocenters. The van der Waals surface area contributed by atoms with E-state index in [0.717, 1.165) is 11.8 Å². The van der Waals surface area contributed by atoms with Crippen LogP contribution in [0.4, 0.5) is 10.2 Å². The zero-order chi connectivity index (χ0) is 25.2. The first-order valence-electron chi connectivity index (χ1n) is 11.1. The number of methoxy groups -OCH3 is 1. The number of hydrogen-bond donors (Lipinski definition) is 1. The highest BCUT2D eigenvalue weighted by atomic mass is 19.1. The van der Waals surface area contributed by atoms with Gasteiger partial charge >= 0.3 is 5.97 Å². The molecule has 0 saturated heterocycles. The number of anilines is 1. The smallest absolute Gasteiger partial charge is 0.310 e. The van der Waals surface area contributed by atoms with Crippen LogP contribution in [0.3, 0.4) is 0 Å². The van der Waals surface area contributed by atoms with Crippen LogP contribution in [-0.2, 0) is 16.0 Å². The number of rotatable bonds is 7. The minimum atomic E-state index is -0.551. The van der Waals surface area contributed by atoms with Crippen molar-refractivity contribution in [2.75, 3.05) is 12.4 Å². The molecule has 0 amide bonds. The Hall–Kier alpha value is -4.08. The van der Waals surface area contributed by atoms with Crippen molar-refractivity contribution in [1.82, 2.24) is 24.6 Å². The second kappa shape index (κ2) is 9.65. The molecular weight excluding hydrogens is 451 g/mol. The third-order valence-electron chi connectivity index (χ3n) is 5.09. The average Bonchev–Trinajstić information content (AvgIpc) is 3.21. The number of nitrogens with one attached hydrogen (secondary N) is 1. The highest BCUT2D eigenvalue weighted by molar-refractivity contribution is 5.73. The van der Waals surface area contributed by atoms with Gasteiger partial charge in [0.15, 0.2) is 5.65 Å². The van der Waals surface area contributed by atoms with Gasteiger partial charge in [0.2, 0.25) is 5.88 Å². The molecule has 10 heteroatoms. The molecule has 0 radical (unpaired) electrons. The van der Waals surface area contributed by atoms with Crippen LogP contribution in [0.5, 0.6) is 5.88 Å². The molecule has 9 nitrogen and oxygen atoms in total. The fourth-order valence-electron chi connectivity index (χ4n) is 3.62. The zero-order valence-corrected chi connectivity index (χ0v) is 20.2. The summed E-state index contributed by atoms with van der Waals surface area (Å²) in [6, 6.07) is 8.25. The van der Waals surface area contributed by atoms with E-state index in [1.165, 1.54) is 13.2 Å². The van der Waals surface area contributed by atoms with Gasteiger partial charge in [-0.05, 0) is 63.6 Å². The van der Waals surface area contributed by atoms with E-state index in [1.54, 1.807) is 29.0 Å². The molecule has 0 aliphatic rings. The molecule has 0 fully saturated rings. The molecule has 0 aromatic carbocycles. The topological polar surface area (TPSA) is 104 Å². The predicted molar refractivity (Wildman–Crippen MR) is 129 cm³/mol. The van der Waals surface area contributed by atoms with E-state index < -0.39 is 11.4 Å². The monoisotopic (exact) mass is 478 g/mol. The molecule has 0 bridgehead atoms. The normalized spacial score (nSPS) is 12.4. The van der Waals surface area contributed by atoms with Gasteiger partial charge in [0.05, 0.1) is 37.7 Å². The first-order valence-corrected chi connectivity index (χ1v) is 11.1. The Kier molecular flexibility index (Phi) is 6.63. The van der Waals surface area contributed by atoms with Crippen LogP contribution in [-0.4, -0.2) is 43.2 Å². The average molecular weight is 479 g/mol. The third-order valence-corrected chi connectivity index (χ3v) is 5.09. The molecule has 4 heterocycles. The number of halogens is 1. The second-order valence-electron chi connectivity index (χ2n) is 9.06. The lowest BCUT2D eigenvalue weighted by atomic mass is 10.1. The predicted octanol–water partition coefficient (Wildman–Crippen LogP) is 4.39. The van der Waals surface area contributed by atoms with Crippen LogP contribution in [0.2, 0.25) is 0 Å². The first-order chi connectivity index (χ1) is 16.6. The summed E-state index contributed by atoms with van der Waals surface area (Å²) in [4.78, 5) is 25.1. The van der Waals surface area contributed by atoms with Gasteiger partial charge in [0.1, 0.15) is 22.9 Å². The van der Waals surface area contributed by atoms with Crippen LogP contribution >= 0.6 is 0 Å². The maximum atomic E-state index is 13.8. The number of ether oxygens (including phenoxy) is 2. The molecule has 0 saturated carbocycles. The van der Waals surface area contributed by atoms with Crippen molar-refractivity contribution in [3.8, 4) is 17.3 Å². The van der Waals surface area contributed by atoms with Crippen molar-refractivity contribution in [3.63, 3.8) is 0 Å². The molecule has 0 aliphatic heterocycles. The number of pyridine rings is 2. The summed E-state index contributed by atoms with van der Waals surface area (Å²) in [6.07, 6.45) is 4.56. The van der Waals surface area contributed by atoms with E-state index >= 15 is 0 Å². The Labute approximate surface area is 202 Å². The lowest BCUT2D eigenvalue weighted by molar-refractivity contribution is -0.153. The minimum Gasteiger partial charge on any atom is -0.481 e. The molecule has 0 aliphatic carbocycles. The van der Waals surface area contributed by atoms with E-state index in [4.69, 9.17) is 9.47 Å². The highest BCUT2D eigenvalue weighted by Gasteiger charge is 2.18. The number of carbonyl (C=O) groups is 1. The maximum Gasteiger partial charge on any atom is 0.310 e. The van der Waals surface area contributed by atoms with Crippen LogP contribution in [0.15, 0.2) is 48.9 Å². The molecule has 0 spiro atoms. The van der Waals surface area contributed by atoms with Crippen LogP contribution in [0.1, 0.15) is 44.9 Å². The summed E-state index contributed by atoms with van der Waals surface area (Å²) in [5.74, 6) is 0.114. The van der Waals surface area contributed by atoms with Gasteiger partial charge in [0, 0.05) is 11.8 Å². The molecule has 4 aromatic heterocycles. The quantitative estimate of drug-likeness (QED) is 0.390. The molecule has 182 valence electrons. The van der Waals surface area contributed by atoms with Gasteiger partial charge in [-0.1, -0.05) is 0 Å². The number of nitrogens with zero attached hydrogens (tertiary/aromatic N) is 5. The summed E-state index contributed by atoms with van der Waals surface area (Å²) < 4.78 is 26.1. The lowest BCUT2D eigenvalue weighted by Gasteiger charge is -2.19. The summed E-state index contributed by atoms with van der Waals surface area (Å²) in [6.45, 7) is 7.36. The Morgan fingerprint density at radius 2 is 1.94 bits per heavy atom. The molecule has 1 N–H and O–H groups in total. The maximum absolute atomic E-state index is 13.8. The van der Waals surface area contributed by atoms with Crippen molar-refractivity contribution in [2.24, 2.45) is 0 Å². The lowest BCUT2D eigenvalue weighted by Crippen LogP contribution is -2.24. The van der Waals surface area contributed by atoms with Crippen molar-refractivity contribution in [1.29, 1.82) is 0 Å². The Morgan fingerprint density at radius 1 is 1.14 bits per heavy atom. The number of hydrogen-bond acceptors (Lipinski definition) is 8. The van der Waals surface area contributed by atoms with Gasteiger partial charge in [-0.25, -0.2) is 18.9 Å². The fraction of sp³-hybridized carbons (Fsp3) is 0.320. The van der Waals surface area contributed by atoms with Gasteiger partial charge < -0.3 is 14.8 Å². The largest absolute Gasteiger partial charge is 0.481 e. The first kappa shape index (κ1) is 24.1. The number of aromatic nitrogens is 5. The van der Waals surface area contributed by atoms with E-state index in [2.05, 4.69) is 25.4 Å². The highest BCUT2D eigenvalue weighted by Crippen LogP contribution is 2.27. The van der Waals surface area contributed by atoms with Crippen molar-refractivity contribution < 1.29 is 18.7 Å². The second-order valence-corrected chi connectivity index (χ2v) is 9.06. The van der Waals surface area contributed by atoms with Gasteiger partial charge in [0.25, 0.3) is 0 Å². The van der Waals surface area contributed by atoms with Crippen molar-refractivity contribution in [2.45, 2.75) is 45.8 Å². The minimum absolute atomic E-state index is 0.130. The third kappa shape index (κ3) is 5.71. The SMILES string of the molecule is COc1ncc(F)cc1[C@@H](C)Nc1ccc2ncc(-c3cc(CC(=O)OC(C)(C)C)ccn3)n2n1. The number of fused-ring (bicyclic) bond motifs is 1. The molecule has 4 rings (SSSR count). The van der Waals surface area contributed by atoms with Gasteiger partial charge in [-0.3, -0.25) is 9.78 Å².